The number of carbonyl (C=O) groups excluding carboxylic acids is 7. The number of anilines is 4. The van der Waals surface area contributed by atoms with Gasteiger partial charge in [0, 0.05) is 89.3 Å². The number of fused-ring (bicyclic) bond motifs is 4. The third kappa shape index (κ3) is 20.7. The Kier molecular flexibility index (Phi) is 29.1. The number of aryl methyl sites for hydroxylation is 4. The molecule has 2 aromatic heterocycles. The van der Waals surface area contributed by atoms with E-state index >= 15 is 0 Å². The number of likely N-dealkylation sites (N-methyl/N-ethyl adjacent to an activating group) is 4. The van der Waals surface area contributed by atoms with E-state index in [9.17, 15) is 50.4 Å². The Hall–Kier alpha value is -12.8. The van der Waals surface area contributed by atoms with Crippen LogP contribution >= 0.6 is 10.7 Å². The zero-order valence-electron chi connectivity index (χ0n) is 65.5. The molecule has 0 spiro atoms. The van der Waals surface area contributed by atoms with Crippen LogP contribution in [0, 0.1) is 33.6 Å². The van der Waals surface area contributed by atoms with E-state index in [-0.39, 0.29) is 69.7 Å². The molecule has 0 bridgehead atoms. The van der Waals surface area contributed by atoms with Crippen molar-refractivity contribution < 1.29 is 59.4 Å². The van der Waals surface area contributed by atoms with E-state index in [4.69, 9.17) is 26.7 Å². The summed E-state index contributed by atoms with van der Waals surface area (Å²) >= 11 is 0. The number of amides is 7. The van der Waals surface area contributed by atoms with Gasteiger partial charge in [-0.05, 0) is 65.8 Å². The maximum Gasteiger partial charge on any atom is 0.272 e. The van der Waals surface area contributed by atoms with Gasteiger partial charge >= 0.3 is 0 Å². The van der Waals surface area contributed by atoms with Gasteiger partial charge in [-0.15, -0.1) is 0 Å². The lowest BCUT2D eigenvalue weighted by Crippen LogP contribution is -2.52. The predicted molar refractivity (Wildman–Crippen MR) is 451 cm³/mol. The van der Waals surface area contributed by atoms with Crippen molar-refractivity contribution >= 4 is 117 Å². The summed E-state index contributed by atoms with van der Waals surface area (Å²) in [6, 6.07) is 66.7. The van der Waals surface area contributed by atoms with Crippen molar-refractivity contribution in [3.8, 4) is 0 Å². The number of nitrogens with zero attached hydrogens (tertiary/aromatic N) is 10. The van der Waals surface area contributed by atoms with Crippen molar-refractivity contribution in [3.63, 3.8) is 0 Å². The fourth-order valence-electron chi connectivity index (χ4n) is 12.6. The number of hydrogen-bond acceptors (Lipinski definition) is 21. The smallest absolute Gasteiger partial charge is 0.272 e. The summed E-state index contributed by atoms with van der Waals surface area (Å²) in [6.07, 6.45) is -4.10. The van der Waals surface area contributed by atoms with Crippen LogP contribution in [-0.4, -0.2) is 156 Å². The van der Waals surface area contributed by atoms with Gasteiger partial charge in [-0.3, -0.25) is 38.6 Å². The molecule has 4 aliphatic rings. The third-order valence-electron chi connectivity index (χ3n) is 18.5. The highest BCUT2D eigenvalue weighted by Gasteiger charge is 2.37. The van der Waals surface area contributed by atoms with E-state index in [0.29, 0.717) is 22.8 Å². The predicted octanol–water partition coefficient (Wildman–Crippen LogP) is 9.44. The van der Waals surface area contributed by atoms with Crippen molar-refractivity contribution in [2.45, 2.75) is 109 Å². The fourth-order valence-corrected chi connectivity index (χ4v) is 15.5. The number of benzodiazepines with no additional fused rings is 4. The minimum atomic E-state index is -4.09. The van der Waals surface area contributed by atoms with Crippen LogP contribution in [0.2, 0.25) is 0 Å². The largest absolute Gasteiger partial charge is 0.360 e. The molecule has 6 atom stereocenters. The molecular formula is C85H91ClN16O13S2. The number of carbonyl (C=O) groups is 7. The summed E-state index contributed by atoms with van der Waals surface area (Å²) in [6.45, 7) is 12.5. The highest BCUT2D eigenvalue weighted by molar-refractivity contribution is 8.13. The Morgan fingerprint density at radius 1 is 0.410 bits per heavy atom. The van der Waals surface area contributed by atoms with Gasteiger partial charge in [0.25, 0.3) is 32.7 Å². The van der Waals surface area contributed by atoms with E-state index in [2.05, 4.69) is 55.5 Å². The van der Waals surface area contributed by atoms with Crippen molar-refractivity contribution in [2.24, 2.45) is 37.4 Å². The molecule has 8 N–H and O–H groups in total. The van der Waals surface area contributed by atoms with E-state index in [1.54, 1.807) is 64.8 Å². The highest BCUT2D eigenvalue weighted by Crippen LogP contribution is 2.33. The number of nitrogens with two attached hydrogens (primary N) is 2. The van der Waals surface area contributed by atoms with E-state index < -0.39 is 73.5 Å². The standard InChI is InChI=1S/C24H25N5O5S.C20H21N3O2.C19H20N4O2.C16H15N3O.C5H6ClNO3S.CH4/c1-14-21(16(3)34-27-14)35(32,33)28-15(2)23(30)26-22-24(31)29(4)19-13-9-8-12-18(19)20(25-22)17-10-6-5-7-11-17;1-13(2)19(24)22-18-20(25)23(3)16-12-8-7-11-15(16)17(21-18)14-9-5-4-6-10-14;1-12(20)18(24)22-17-19(25)23(2)15-11-7-6-10-14(15)16(21-17)13-8-4-3-5-9-13;1-19-13-10-6-5-9-12(13)14(18-15(17)16(19)20)11-7-3-2-4-8-11;1-3-5(11(6,8)9)4(2)10-7-3;/h5-13,15,22,28H,1-4H3,(H,26,30);4-13,18H,1-3H3,(H,22,24);3-12,17H,20H2,1-2H3,(H,22,24);2-10,15H,17H2,1H3;1-2H3;1H4/t15-,22?;;12-,17?;;;/m0.0.../s1. The lowest BCUT2D eigenvalue weighted by molar-refractivity contribution is -0.129. The molecule has 608 valence electrons. The molecule has 10 aromatic rings. The Bertz CT molecular complexity index is 5510. The summed E-state index contributed by atoms with van der Waals surface area (Å²) in [5, 5.41) is 15.1. The van der Waals surface area contributed by atoms with E-state index in [0.717, 1.165) is 67.3 Å². The monoisotopic (exact) mass is 1640 g/mol. The van der Waals surface area contributed by atoms with Gasteiger partial charge in [0.1, 0.15) is 21.2 Å². The first-order chi connectivity index (χ1) is 55.2. The molecule has 7 amide bonds. The molecular weight excluding hydrogens is 1550 g/mol. The van der Waals surface area contributed by atoms with Crippen LogP contribution in [0.25, 0.3) is 0 Å². The van der Waals surface area contributed by atoms with Gasteiger partial charge in [-0.1, -0.05) is 226 Å². The summed E-state index contributed by atoms with van der Waals surface area (Å²) in [7, 11) is 4.00. The van der Waals surface area contributed by atoms with E-state index in [1.165, 1.54) is 44.4 Å². The van der Waals surface area contributed by atoms with Crippen LogP contribution in [0.15, 0.2) is 257 Å². The third-order valence-corrected chi connectivity index (χ3v) is 21.9. The number of rotatable bonds is 14. The number of halogens is 1. The van der Waals surface area contributed by atoms with Gasteiger partial charge in [-0.25, -0.2) is 31.8 Å². The van der Waals surface area contributed by atoms with Crippen LogP contribution in [-0.2, 0) is 52.6 Å². The van der Waals surface area contributed by atoms with Crippen molar-refractivity contribution in [2.75, 3.05) is 47.8 Å². The van der Waals surface area contributed by atoms with Gasteiger partial charge < -0.3 is 56.1 Å². The number of para-hydroxylation sites is 4. The Morgan fingerprint density at radius 2 is 0.684 bits per heavy atom. The second-order valence-corrected chi connectivity index (χ2v) is 31.4. The number of hydrogen-bond donors (Lipinski definition) is 6. The maximum atomic E-state index is 13.2. The Morgan fingerprint density at radius 3 is 0.966 bits per heavy atom. The molecule has 32 heteroatoms. The normalized spacial score (nSPS) is 16.8. The minimum Gasteiger partial charge on any atom is -0.360 e. The summed E-state index contributed by atoms with van der Waals surface area (Å²) in [5.41, 5.74) is 24.5. The molecule has 117 heavy (non-hydrogen) atoms. The zero-order valence-corrected chi connectivity index (χ0v) is 67.8. The molecule has 4 aliphatic heterocycles. The first kappa shape index (κ1) is 88.2. The Balaban J connectivity index is 0.000000173. The molecule has 6 heterocycles. The molecule has 14 rings (SSSR count). The maximum absolute atomic E-state index is 13.2. The van der Waals surface area contributed by atoms with Crippen LogP contribution in [0.4, 0.5) is 22.7 Å². The molecule has 0 fully saturated rings. The zero-order chi connectivity index (χ0) is 84.0. The first-order valence-corrected chi connectivity index (χ1v) is 40.2. The molecule has 0 radical (unpaired) electrons. The average molecular weight is 1640 g/mol. The lowest BCUT2D eigenvalue weighted by Gasteiger charge is -2.22. The Labute approximate surface area is 683 Å². The van der Waals surface area contributed by atoms with Gasteiger partial charge in [0.2, 0.25) is 46.2 Å². The highest BCUT2D eigenvalue weighted by atomic mass is 35.7. The molecule has 0 aliphatic carbocycles. The van der Waals surface area contributed by atoms with Crippen LogP contribution in [0.3, 0.4) is 0 Å². The van der Waals surface area contributed by atoms with Gasteiger partial charge in [0.15, 0.2) is 17.7 Å². The van der Waals surface area contributed by atoms with Gasteiger partial charge in [0.05, 0.1) is 57.7 Å². The number of aliphatic imine (C=N–C) groups is 4. The van der Waals surface area contributed by atoms with Gasteiger partial charge in [-0.2, -0.15) is 4.72 Å². The molecule has 8 aromatic carbocycles. The number of sulfonamides is 1. The quantitative estimate of drug-likeness (QED) is 0.0552. The molecule has 4 unspecified atom stereocenters. The SMILES string of the molecule is C.CC(C)C(=O)NC1N=C(c2ccccc2)c2ccccc2N(C)C1=O.CN1C(=O)C(N)N=C(c2ccccc2)c2ccccc21.C[C@H](N)C(=O)NC1N=C(c2ccccc2)c2ccccc2N(C)C1=O.Cc1noc(C)c1S(=O)(=O)Cl.Cc1noc(C)c1S(=O)(=O)N[C@@H](C)C(=O)NC1N=C(c2ccccc2)c2ccccc2N(C)C1=O. The van der Waals surface area contributed by atoms with Crippen LogP contribution in [0.5, 0.6) is 0 Å². The summed E-state index contributed by atoms with van der Waals surface area (Å²) in [5.74, 6) is -2.47. The second-order valence-electron chi connectivity index (χ2n) is 27.2. The van der Waals surface area contributed by atoms with Crippen molar-refractivity contribution in [1.82, 2.24) is 31.0 Å². The van der Waals surface area contributed by atoms with Crippen molar-refractivity contribution in [3.05, 3.63) is 286 Å². The van der Waals surface area contributed by atoms with Crippen molar-refractivity contribution in [1.29, 1.82) is 0 Å². The molecule has 0 saturated carbocycles. The lowest BCUT2D eigenvalue weighted by atomic mass is 10.0. The number of nitrogens with one attached hydrogen (secondary N) is 4. The molecule has 0 saturated heterocycles. The summed E-state index contributed by atoms with van der Waals surface area (Å²) < 4.78 is 59.1. The topological polar surface area (TPSA) is 402 Å². The average Bonchev–Trinajstić information content (AvgIpc) is 1.68. The molecule has 29 nitrogen and oxygen atoms in total. The summed E-state index contributed by atoms with van der Waals surface area (Å²) in [4.78, 5) is 112. The number of benzene rings is 8. The minimum absolute atomic E-state index is 0. The second kappa shape index (κ2) is 38.6. The van der Waals surface area contributed by atoms with Crippen LogP contribution < -0.4 is 51.7 Å². The number of aromatic nitrogens is 2. The fraction of sp³-hybridized carbons (Fsp3) is 0.235. The van der Waals surface area contributed by atoms with Crippen LogP contribution in [0.1, 0.15) is 103 Å². The first-order valence-electron chi connectivity index (χ1n) is 36.4. The van der Waals surface area contributed by atoms with E-state index in [1.807, 2.05) is 212 Å².